The molecular weight excluding hydrogens is 396 g/mol. The summed E-state index contributed by atoms with van der Waals surface area (Å²) in [6.07, 6.45) is 1.17. The molecule has 4 rings (SSSR count). The Balaban J connectivity index is 1.86. The maximum absolute atomic E-state index is 12.4. The Morgan fingerprint density at radius 1 is 1.27 bits per heavy atom. The molecule has 2 aromatic rings. The van der Waals surface area contributed by atoms with Crippen molar-refractivity contribution in [1.82, 2.24) is 5.32 Å². The molecule has 2 aliphatic heterocycles. The lowest BCUT2D eigenvalue weighted by atomic mass is 9.82. The second kappa shape index (κ2) is 6.61. The van der Waals surface area contributed by atoms with Crippen LogP contribution in [0.1, 0.15) is 23.6 Å². The number of methoxy groups -OCH3 is 1. The fraction of sp³-hybridized carbons (Fsp3) is 0.200. The van der Waals surface area contributed by atoms with Gasteiger partial charge < -0.3 is 15.0 Å². The summed E-state index contributed by atoms with van der Waals surface area (Å²) in [5, 5.41) is 3.07. The van der Waals surface area contributed by atoms with Gasteiger partial charge >= 0.3 is 0 Å². The Hall–Kier alpha value is -2.60. The summed E-state index contributed by atoms with van der Waals surface area (Å²) >= 11 is 3.51. The molecule has 1 N–H and O–H groups in total. The molecule has 5 nitrogen and oxygen atoms in total. The highest BCUT2D eigenvalue weighted by molar-refractivity contribution is 9.10. The van der Waals surface area contributed by atoms with E-state index in [9.17, 15) is 9.59 Å². The van der Waals surface area contributed by atoms with Crippen LogP contribution < -0.4 is 15.0 Å². The minimum Gasteiger partial charge on any atom is -0.496 e. The molecule has 132 valence electrons. The van der Waals surface area contributed by atoms with Crippen molar-refractivity contribution < 1.29 is 14.3 Å². The van der Waals surface area contributed by atoms with Gasteiger partial charge in [-0.05, 0) is 50.8 Å². The lowest BCUT2D eigenvalue weighted by molar-refractivity contribution is -0.120. The van der Waals surface area contributed by atoms with Crippen LogP contribution >= 0.6 is 15.9 Å². The van der Waals surface area contributed by atoms with E-state index in [0.29, 0.717) is 13.0 Å². The van der Waals surface area contributed by atoms with E-state index in [2.05, 4.69) is 21.2 Å². The van der Waals surface area contributed by atoms with Gasteiger partial charge in [-0.15, -0.1) is 0 Å². The summed E-state index contributed by atoms with van der Waals surface area (Å²) in [6, 6.07) is 13.2. The molecule has 0 saturated heterocycles. The predicted molar refractivity (Wildman–Crippen MR) is 103 cm³/mol. The average molecular weight is 413 g/mol. The van der Waals surface area contributed by atoms with Crippen LogP contribution in [0.25, 0.3) is 5.57 Å². The van der Waals surface area contributed by atoms with Crippen LogP contribution in [0.15, 0.2) is 52.5 Å². The Morgan fingerprint density at radius 2 is 2.08 bits per heavy atom. The lowest BCUT2D eigenvalue weighted by Crippen LogP contribution is -2.41. The fourth-order valence-corrected chi connectivity index (χ4v) is 4.25. The second-order valence-corrected chi connectivity index (χ2v) is 7.18. The Morgan fingerprint density at radius 3 is 2.81 bits per heavy atom. The number of anilines is 1. The van der Waals surface area contributed by atoms with E-state index in [-0.39, 0.29) is 11.9 Å². The van der Waals surface area contributed by atoms with Gasteiger partial charge in [0, 0.05) is 12.1 Å². The lowest BCUT2D eigenvalue weighted by Gasteiger charge is -2.37. The molecule has 2 aromatic carbocycles. The largest absolute Gasteiger partial charge is 0.496 e. The molecule has 0 aromatic heterocycles. The van der Waals surface area contributed by atoms with Crippen molar-refractivity contribution in [2.45, 2.75) is 12.5 Å². The third kappa shape index (κ3) is 2.70. The number of halogens is 1. The van der Waals surface area contributed by atoms with Crippen LogP contribution in [0.5, 0.6) is 5.75 Å². The third-order valence-electron chi connectivity index (χ3n) is 4.89. The topological polar surface area (TPSA) is 58.6 Å². The number of hydrogen-bond acceptors (Lipinski definition) is 3. The summed E-state index contributed by atoms with van der Waals surface area (Å²) in [4.78, 5) is 25.7. The monoisotopic (exact) mass is 412 g/mol. The Labute approximate surface area is 159 Å². The summed E-state index contributed by atoms with van der Waals surface area (Å²) < 4.78 is 6.12. The van der Waals surface area contributed by atoms with Crippen LogP contribution in [0.4, 0.5) is 5.69 Å². The van der Waals surface area contributed by atoms with Crippen LogP contribution in [0.3, 0.4) is 0 Å². The molecule has 0 fully saturated rings. The number of para-hydroxylation sites is 1. The summed E-state index contributed by atoms with van der Waals surface area (Å²) in [7, 11) is 1.61. The maximum atomic E-state index is 12.4. The van der Waals surface area contributed by atoms with Crippen LogP contribution in [-0.4, -0.2) is 26.0 Å². The van der Waals surface area contributed by atoms with Crippen molar-refractivity contribution >= 4 is 39.5 Å². The van der Waals surface area contributed by atoms with Gasteiger partial charge in [-0.2, -0.15) is 0 Å². The van der Waals surface area contributed by atoms with Crippen molar-refractivity contribution in [2.24, 2.45) is 0 Å². The molecular formula is C20H17BrN2O3. The molecule has 2 amide bonds. The number of hydrogen-bond donors (Lipinski definition) is 1. The molecule has 6 heteroatoms. The van der Waals surface area contributed by atoms with E-state index in [1.165, 1.54) is 0 Å². The van der Waals surface area contributed by atoms with Crippen LogP contribution in [0, 0.1) is 0 Å². The number of ether oxygens (including phenoxy) is 1. The number of carbonyl (C=O) groups excluding carboxylic acids is 2. The highest BCUT2D eigenvalue weighted by atomic mass is 79.9. The molecule has 0 aliphatic carbocycles. The molecule has 0 saturated carbocycles. The van der Waals surface area contributed by atoms with Crippen molar-refractivity contribution in [3.05, 3.63) is 63.6 Å². The minimum atomic E-state index is -0.274. The maximum Gasteiger partial charge on any atom is 0.225 e. The quantitative estimate of drug-likeness (QED) is 0.785. The number of nitrogens with one attached hydrogen (secondary N) is 1. The van der Waals surface area contributed by atoms with Gasteiger partial charge in [-0.1, -0.05) is 24.3 Å². The third-order valence-corrected chi connectivity index (χ3v) is 5.51. The van der Waals surface area contributed by atoms with E-state index in [4.69, 9.17) is 4.74 Å². The van der Waals surface area contributed by atoms with Gasteiger partial charge in [0.1, 0.15) is 5.75 Å². The van der Waals surface area contributed by atoms with E-state index >= 15 is 0 Å². The summed E-state index contributed by atoms with van der Waals surface area (Å²) in [6.45, 7) is 0.463. The minimum absolute atomic E-state index is 0.0185. The first-order valence-electron chi connectivity index (χ1n) is 8.28. The zero-order chi connectivity index (χ0) is 18.3. The van der Waals surface area contributed by atoms with Gasteiger partial charge in [0.25, 0.3) is 0 Å². The highest BCUT2D eigenvalue weighted by Gasteiger charge is 2.34. The smallest absolute Gasteiger partial charge is 0.225 e. The zero-order valence-corrected chi connectivity index (χ0v) is 15.7. The number of carbonyl (C=O) groups is 2. The number of fused-ring (bicyclic) bond motifs is 2. The van der Waals surface area contributed by atoms with Crippen LogP contribution in [-0.2, 0) is 9.59 Å². The standard InChI is InChI=1S/C20H17BrN2O3/c1-26-18-7-6-12(8-16(18)21)20-15-10-23(11-24)17-5-3-2-4-13(17)14(15)9-19(25)22-20/h2-8,11,20H,9-10H2,1H3,(H,22,25). The molecule has 0 radical (unpaired) electrons. The van der Waals surface area contributed by atoms with E-state index in [1.807, 2.05) is 42.5 Å². The van der Waals surface area contributed by atoms with Gasteiger partial charge in [-0.25, -0.2) is 0 Å². The fourth-order valence-electron chi connectivity index (χ4n) is 3.69. The number of rotatable bonds is 3. The van der Waals surface area contributed by atoms with Crippen molar-refractivity contribution in [1.29, 1.82) is 0 Å². The normalized spacial score (nSPS) is 18.8. The molecule has 1 atom stereocenters. The van der Waals surface area contributed by atoms with Crippen molar-refractivity contribution in [3.8, 4) is 5.75 Å². The zero-order valence-electron chi connectivity index (χ0n) is 14.2. The van der Waals surface area contributed by atoms with Crippen molar-refractivity contribution in [3.63, 3.8) is 0 Å². The molecule has 0 spiro atoms. The van der Waals surface area contributed by atoms with E-state index < -0.39 is 0 Å². The van der Waals surface area contributed by atoms with Crippen LogP contribution in [0.2, 0.25) is 0 Å². The second-order valence-electron chi connectivity index (χ2n) is 6.33. The number of nitrogens with zero attached hydrogens (tertiary/aromatic N) is 1. The summed E-state index contributed by atoms with van der Waals surface area (Å²) in [5.41, 5.74) is 4.81. The van der Waals surface area contributed by atoms with Gasteiger partial charge in [0.15, 0.2) is 0 Å². The summed E-state index contributed by atoms with van der Waals surface area (Å²) in [5.74, 6) is 0.712. The molecule has 2 aliphatic rings. The molecule has 0 bridgehead atoms. The first-order valence-corrected chi connectivity index (χ1v) is 9.07. The predicted octanol–water partition coefficient (Wildman–Crippen LogP) is 3.45. The van der Waals surface area contributed by atoms with Gasteiger partial charge in [0.2, 0.25) is 12.3 Å². The van der Waals surface area contributed by atoms with Gasteiger partial charge in [-0.3, -0.25) is 9.59 Å². The highest BCUT2D eigenvalue weighted by Crippen LogP contribution is 2.43. The molecule has 26 heavy (non-hydrogen) atoms. The SMILES string of the molecule is COc1ccc(C2NC(=O)CC3=C2CN(C=O)c2ccccc23)cc1Br. The molecule has 2 heterocycles. The first kappa shape index (κ1) is 16.8. The number of benzene rings is 2. The van der Waals surface area contributed by atoms with Crippen molar-refractivity contribution in [2.75, 3.05) is 18.6 Å². The first-order chi connectivity index (χ1) is 12.6. The average Bonchev–Trinajstić information content (AvgIpc) is 2.67. The van der Waals surface area contributed by atoms with E-state index in [1.54, 1.807) is 12.0 Å². The number of amides is 2. The van der Waals surface area contributed by atoms with E-state index in [0.717, 1.165) is 44.6 Å². The Bertz CT molecular complexity index is 938. The van der Waals surface area contributed by atoms with Gasteiger partial charge in [0.05, 0.1) is 29.7 Å². The molecule has 1 unspecified atom stereocenters. The Kier molecular flexibility index (Phi) is 4.28.